The summed E-state index contributed by atoms with van der Waals surface area (Å²) in [5.74, 6) is 0.348. The number of rotatable bonds is 3. The average molecular weight is 316 g/mol. The maximum atomic E-state index is 12.9. The molecule has 1 N–H and O–H groups in total. The summed E-state index contributed by atoms with van der Waals surface area (Å²) in [4.78, 5) is 12.8. The molecule has 0 aliphatic carbocycles. The Kier molecular flexibility index (Phi) is 3.45. The largest absolute Gasteiger partial charge is 0.316 e. The lowest BCUT2D eigenvalue weighted by Gasteiger charge is -2.08. The van der Waals surface area contributed by atoms with E-state index in [-0.39, 0.29) is 5.69 Å². The minimum Gasteiger partial charge on any atom is -0.316 e. The molecule has 0 aromatic carbocycles. The third-order valence-corrected chi connectivity index (χ3v) is 4.04. The maximum Gasteiger partial charge on any atom is 0.282 e. The molecule has 4 rings (SSSR count). The van der Waals surface area contributed by atoms with Gasteiger partial charge in [-0.25, -0.2) is 28.2 Å². The van der Waals surface area contributed by atoms with Crippen LogP contribution in [-0.2, 0) is 0 Å². The Morgan fingerprint density at radius 1 is 1.22 bits per heavy atom. The summed E-state index contributed by atoms with van der Waals surface area (Å²) in [6.07, 6.45) is 1.49. The standard InChI is InChI=1S/C15H14F2N6/c16-15(17)10-1-2-14-19-7-13(23(14)22-10)12-5-11(20-8-21-12)9-3-4-18-6-9/h1-2,5,7-9,15,18H,3-4,6H2. The first-order valence-corrected chi connectivity index (χ1v) is 7.38. The molecule has 3 aromatic rings. The molecule has 6 nitrogen and oxygen atoms in total. The molecule has 1 aliphatic heterocycles. The second-order valence-electron chi connectivity index (χ2n) is 5.49. The van der Waals surface area contributed by atoms with Gasteiger partial charge in [-0.1, -0.05) is 0 Å². The average Bonchev–Trinajstić information content (AvgIpc) is 3.24. The van der Waals surface area contributed by atoms with Crippen molar-refractivity contribution in [3.05, 3.63) is 42.1 Å². The summed E-state index contributed by atoms with van der Waals surface area (Å²) in [6.45, 7) is 1.86. The van der Waals surface area contributed by atoms with Crippen LogP contribution in [0.5, 0.6) is 0 Å². The lowest BCUT2D eigenvalue weighted by atomic mass is 10.0. The highest BCUT2D eigenvalue weighted by Gasteiger charge is 2.20. The van der Waals surface area contributed by atoms with Crippen LogP contribution < -0.4 is 5.32 Å². The van der Waals surface area contributed by atoms with E-state index < -0.39 is 6.43 Å². The van der Waals surface area contributed by atoms with E-state index in [2.05, 4.69) is 25.4 Å². The monoisotopic (exact) mass is 316 g/mol. The van der Waals surface area contributed by atoms with Gasteiger partial charge in [0.25, 0.3) is 6.43 Å². The van der Waals surface area contributed by atoms with Gasteiger partial charge in [-0.3, -0.25) is 0 Å². The van der Waals surface area contributed by atoms with Crippen LogP contribution in [0.4, 0.5) is 8.78 Å². The van der Waals surface area contributed by atoms with Crippen molar-refractivity contribution in [3.63, 3.8) is 0 Å². The predicted molar refractivity (Wildman–Crippen MR) is 79.2 cm³/mol. The fourth-order valence-electron chi connectivity index (χ4n) is 2.82. The van der Waals surface area contributed by atoms with Gasteiger partial charge in [0.05, 0.1) is 11.9 Å². The van der Waals surface area contributed by atoms with Gasteiger partial charge < -0.3 is 5.32 Å². The smallest absolute Gasteiger partial charge is 0.282 e. The van der Waals surface area contributed by atoms with Crippen LogP contribution >= 0.6 is 0 Å². The summed E-state index contributed by atoms with van der Waals surface area (Å²) in [7, 11) is 0. The number of nitrogens with one attached hydrogen (secondary N) is 1. The van der Waals surface area contributed by atoms with E-state index in [1.54, 1.807) is 6.20 Å². The summed E-state index contributed by atoms with van der Waals surface area (Å²) in [5.41, 5.74) is 2.38. The molecule has 23 heavy (non-hydrogen) atoms. The number of nitrogens with zero attached hydrogens (tertiary/aromatic N) is 5. The molecule has 0 spiro atoms. The van der Waals surface area contributed by atoms with E-state index >= 15 is 0 Å². The topological polar surface area (TPSA) is 68.0 Å². The van der Waals surface area contributed by atoms with Gasteiger partial charge >= 0.3 is 0 Å². The Balaban J connectivity index is 1.79. The van der Waals surface area contributed by atoms with E-state index in [1.165, 1.54) is 23.0 Å². The van der Waals surface area contributed by atoms with Crippen molar-refractivity contribution in [2.75, 3.05) is 13.1 Å². The van der Waals surface area contributed by atoms with Crippen LogP contribution in [-0.4, -0.2) is 37.7 Å². The van der Waals surface area contributed by atoms with Crippen molar-refractivity contribution in [1.82, 2.24) is 29.9 Å². The van der Waals surface area contributed by atoms with Crippen LogP contribution in [0, 0.1) is 0 Å². The van der Waals surface area contributed by atoms with E-state index in [4.69, 9.17) is 0 Å². The van der Waals surface area contributed by atoms with Crippen LogP contribution in [0.2, 0.25) is 0 Å². The Labute approximate surface area is 130 Å². The quantitative estimate of drug-likeness (QED) is 0.802. The second kappa shape index (κ2) is 5.62. The number of aromatic nitrogens is 5. The van der Waals surface area contributed by atoms with Crippen LogP contribution in [0.3, 0.4) is 0 Å². The molecule has 3 aromatic heterocycles. The molecular formula is C15H14F2N6. The molecule has 8 heteroatoms. The van der Waals surface area contributed by atoms with Gasteiger partial charge in [0.2, 0.25) is 0 Å². The third-order valence-electron chi connectivity index (χ3n) is 4.04. The van der Waals surface area contributed by atoms with Gasteiger partial charge in [0.15, 0.2) is 5.65 Å². The van der Waals surface area contributed by atoms with Gasteiger partial charge in [-0.05, 0) is 31.2 Å². The van der Waals surface area contributed by atoms with Crippen molar-refractivity contribution in [3.8, 4) is 11.4 Å². The van der Waals surface area contributed by atoms with Gasteiger partial charge in [-0.15, -0.1) is 0 Å². The van der Waals surface area contributed by atoms with Crippen molar-refractivity contribution in [2.45, 2.75) is 18.8 Å². The van der Waals surface area contributed by atoms with Crippen molar-refractivity contribution < 1.29 is 8.78 Å². The second-order valence-corrected chi connectivity index (χ2v) is 5.49. The summed E-state index contributed by atoms with van der Waals surface area (Å²) < 4.78 is 27.2. The molecule has 0 amide bonds. The zero-order valence-electron chi connectivity index (χ0n) is 12.2. The highest BCUT2D eigenvalue weighted by Crippen LogP contribution is 2.25. The van der Waals surface area contributed by atoms with Crippen molar-refractivity contribution in [1.29, 1.82) is 0 Å². The molecule has 4 heterocycles. The number of imidazole rings is 1. The highest BCUT2D eigenvalue weighted by molar-refractivity contribution is 5.59. The SMILES string of the molecule is FC(F)c1ccc2ncc(-c3cc(C4CCNC4)ncn3)n2n1. The van der Waals surface area contributed by atoms with E-state index in [0.717, 1.165) is 25.2 Å². The minimum absolute atomic E-state index is 0.286. The van der Waals surface area contributed by atoms with E-state index in [9.17, 15) is 8.78 Å². The third kappa shape index (κ3) is 2.55. The van der Waals surface area contributed by atoms with Crippen LogP contribution in [0.15, 0.2) is 30.7 Å². The van der Waals surface area contributed by atoms with Gasteiger partial charge in [0, 0.05) is 18.2 Å². The van der Waals surface area contributed by atoms with E-state index in [1.807, 2.05) is 6.07 Å². The molecule has 1 atom stereocenters. The van der Waals surface area contributed by atoms with Crippen molar-refractivity contribution in [2.24, 2.45) is 0 Å². The summed E-state index contributed by atoms with van der Waals surface area (Å²) in [6, 6.07) is 4.70. The lowest BCUT2D eigenvalue weighted by Crippen LogP contribution is -2.09. The molecule has 0 radical (unpaired) electrons. The summed E-state index contributed by atoms with van der Waals surface area (Å²) in [5, 5.41) is 7.27. The van der Waals surface area contributed by atoms with Crippen LogP contribution in [0.25, 0.3) is 17.0 Å². The molecule has 1 aliphatic rings. The Hall–Kier alpha value is -2.48. The first-order chi connectivity index (χ1) is 11.2. The first-order valence-electron chi connectivity index (χ1n) is 7.38. The first kappa shape index (κ1) is 14.1. The van der Waals surface area contributed by atoms with E-state index in [0.29, 0.717) is 23.0 Å². The number of hydrogen-bond acceptors (Lipinski definition) is 5. The number of hydrogen-bond donors (Lipinski definition) is 1. The predicted octanol–water partition coefficient (Wildman–Crippen LogP) is 2.20. The normalized spacial score (nSPS) is 18.1. The fraction of sp³-hybridized carbons (Fsp3) is 0.333. The molecule has 118 valence electrons. The molecule has 1 fully saturated rings. The molecule has 0 bridgehead atoms. The highest BCUT2D eigenvalue weighted by atomic mass is 19.3. The zero-order valence-corrected chi connectivity index (χ0v) is 12.2. The zero-order chi connectivity index (χ0) is 15.8. The van der Waals surface area contributed by atoms with Crippen LogP contribution in [0.1, 0.15) is 30.2 Å². The van der Waals surface area contributed by atoms with Gasteiger partial charge in [0.1, 0.15) is 17.7 Å². The Bertz CT molecular complexity index is 841. The number of fused-ring (bicyclic) bond motifs is 1. The Morgan fingerprint density at radius 2 is 2.13 bits per heavy atom. The fourth-order valence-corrected chi connectivity index (χ4v) is 2.82. The molecular weight excluding hydrogens is 302 g/mol. The molecule has 1 saturated heterocycles. The van der Waals surface area contributed by atoms with Crippen molar-refractivity contribution >= 4 is 5.65 Å². The Morgan fingerprint density at radius 3 is 2.91 bits per heavy atom. The summed E-state index contributed by atoms with van der Waals surface area (Å²) >= 11 is 0. The molecule has 1 unspecified atom stereocenters. The maximum absolute atomic E-state index is 12.9. The molecule has 0 saturated carbocycles. The van der Waals surface area contributed by atoms with Gasteiger partial charge in [-0.2, -0.15) is 5.10 Å². The number of halogens is 2. The number of alkyl halides is 2. The lowest BCUT2D eigenvalue weighted by molar-refractivity contribution is 0.144. The minimum atomic E-state index is -2.62.